The van der Waals surface area contributed by atoms with E-state index >= 15 is 0 Å². The molecule has 0 aliphatic heterocycles. The zero-order valence-corrected chi connectivity index (χ0v) is 10.8. The Labute approximate surface area is 119 Å². The molecule has 0 fully saturated rings. The Hall–Kier alpha value is -2.83. The first-order chi connectivity index (χ1) is 9.97. The van der Waals surface area contributed by atoms with Crippen LogP contribution in [0.25, 0.3) is 0 Å². The fourth-order valence-corrected chi connectivity index (χ4v) is 1.79. The first kappa shape index (κ1) is 14.6. The third-order valence-electron chi connectivity index (χ3n) is 2.68. The molecule has 0 unspecified atom stereocenters. The third kappa shape index (κ3) is 3.59. The number of rotatable bonds is 5. The molecule has 7 heteroatoms. The number of nitrogens with one attached hydrogen (secondary N) is 1. The second-order valence-electron chi connectivity index (χ2n) is 4.17. The SMILES string of the molecule is NC(=O)c1ccc(N)cc1Nc1ccccc1OC(F)F. The summed E-state index contributed by atoms with van der Waals surface area (Å²) in [4.78, 5) is 11.4. The standard InChI is InChI=1S/C14H13F2N3O2/c15-14(16)21-12-4-2-1-3-10(12)19-11-7-8(17)5-6-9(11)13(18)20/h1-7,14,19H,17H2,(H2,18,20). The van der Waals surface area contributed by atoms with Crippen LogP contribution in [0.1, 0.15) is 10.4 Å². The van der Waals surface area contributed by atoms with Crippen LogP contribution in [0.2, 0.25) is 0 Å². The van der Waals surface area contributed by atoms with E-state index in [9.17, 15) is 13.6 Å². The number of primary amides is 1. The van der Waals surface area contributed by atoms with Gasteiger partial charge in [0, 0.05) is 5.69 Å². The number of halogens is 2. The molecule has 5 N–H and O–H groups in total. The van der Waals surface area contributed by atoms with E-state index in [0.717, 1.165) is 0 Å². The molecule has 0 aliphatic carbocycles. The number of ether oxygens (including phenoxy) is 1. The summed E-state index contributed by atoms with van der Waals surface area (Å²) in [5.41, 5.74) is 12.1. The summed E-state index contributed by atoms with van der Waals surface area (Å²) in [6.07, 6.45) is 0. The van der Waals surface area contributed by atoms with Crippen LogP contribution >= 0.6 is 0 Å². The molecule has 5 nitrogen and oxygen atoms in total. The number of alkyl halides is 2. The van der Waals surface area contributed by atoms with E-state index in [-0.39, 0.29) is 17.0 Å². The molecular weight excluding hydrogens is 280 g/mol. The van der Waals surface area contributed by atoms with Crippen molar-refractivity contribution >= 4 is 23.0 Å². The first-order valence-corrected chi connectivity index (χ1v) is 5.97. The zero-order valence-electron chi connectivity index (χ0n) is 10.8. The Bertz CT molecular complexity index is 662. The summed E-state index contributed by atoms with van der Waals surface area (Å²) in [5.74, 6) is -0.713. The average Bonchev–Trinajstić information content (AvgIpc) is 2.40. The van der Waals surface area contributed by atoms with E-state index in [1.165, 1.54) is 30.3 Å². The van der Waals surface area contributed by atoms with Gasteiger partial charge in [-0.1, -0.05) is 12.1 Å². The van der Waals surface area contributed by atoms with Gasteiger partial charge in [-0.25, -0.2) is 0 Å². The number of amides is 1. The molecule has 0 bridgehead atoms. The number of carbonyl (C=O) groups excluding carboxylic acids is 1. The van der Waals surface area contributed by atoms with Gasteiger partial charge in [0.25, 0.3) is 5.91 Å². The van der Waals surface area contributed by atoms with Crippen molar-refractivity contribution in [1.82, 2.24) is 0 Å². The number of nitrogen functional groups attached to an aromatic ring is 1. The summed E-state index contributed by atoms with van der Waals surface area (Å²) in [6, 6.07) is 10.6. The summed E-state index contributed by atoms with van der Waals surface area (Å²) < 4.78 is 29.1. The number of hydrogen-bond acceptors (Lipinski definition) is 4. The highest BCUT2D eigenvalue weighted by Gasteiger charge is 2.13. The predicted octanol–water partition coefficient (Wildman–Crippen LogP) is 2.71. The fourth-order valence-electron chi connectivity index (χ4n) is 1.79. The molecule has 0 spiro atoms. The smallest absolute Gasteiger partial charge is 0.387 e. The van der Waals surface area contributed by atoms with Crippen molar-refractivity contribution in [3.8, 4) is 5.75 Å². The number of carbonyl (C=O) groups is 1. The van der Waals surface area contributed by atoms with Gasteiger partial charge in [0.05, 0.1) is 16.9 Å². The van der Waals surface area contributed by atoms with Gasteiger partial charge in [-0.05, 0) is 30.3 Å². The van der Waals surface area contributed by atoms with E-state index in [1.54, 1.807) is 12.1 Å². The van der Waals surface area contributed by atoms with E-state index in [4.69, 9.17) is 11.5 Å². The van der Waals surface area contributed by atoms with Crippen LogP contribution in [0, 0.1) is 0 Å². The molecular formula is C14H13F2N3O2. The van der Waals surface area contributed by atoms with Crippen molar-refractivity contribution in [2.45, 2.75) is 6.61 Å². The Morgan fingerprint density at radius 1 is 1.14 bits per heavy atom. The average molecular weight is 293 g/mol. The molecule has 0 saturated heterocycles. The Morgan fingerprint density at radius 2 is 1.86 bits per heavy atom. The summed E-state index contributed by atoms with van der Waals surface area (Å²) in [5, 5.41) is 2.83. The Morgan fingerprint density at radius 3 is 2.52 bits per heavy atom. The van der Waals surface area contributed by atoms with Crippen LogP contribution in [0.4, 0.5) is 25.8 Å². The highest BCUT2D eigenvalue weighted by Crippen LogP contribution is 2.30. The topological polar surface area (TPSA) is 90.4 Å². The molecule has 110 valence electrons. The van der Waals surface area contributed by atoms with Crippen LogP contribution < -0.4 is 21.5 Å². The zero-order chi connectivity index (χ0) is 15.4. The third-order valence-corrected chi connectivity index (χ3v) is 2.68. The molecule has 2 aromatic carbocycles. The lowest BCUT2D eigenvalue weighted by molar-refractivity contribution is -0.0493. The van der Waals surface area contributed by atoms with Crippen LogP contribution in [0.15, 0.2) is 42.5 Å². The van der Waals surface area contributed by atoms with E-state index in [1.807, 2.05) is 0 Å². The maximum absolute atomic E-state index is 12.4. The van der Waals surface area contributed by atoms with Crippen LogP contribution in [0.3, 0.4) is 0 Å². The van der Waals surface area contributed by atoms with Gasteiger partial charge in [0.15, 0.2) is 0 Å². The van der Waals surface area contributed by atoms with Crippen molar-refractivity contribution in [2.24, 2.45) is 5.73 Å². The van der Waals surface area contributed by atoms with Gasteiger partial charge in [0.1, 0.15) is 5.75 Å². The van der Waals surface area contributed by atoms with Gasteiger partial charge < -0.3 is 21.5 Å². The van der Waals surface area contributed by atoms with Crippen molar-refractivity contribution in [3.63, 3.8) is 0 Å². The monoisotopic (exact) mass is 293 g/mol. The van der Waals surface area contributed by atoms with E-state index in [0.29, 0.717) is 11.4 Å². The number of para-hydroxylation sites is 2. The molecule has 1 amide bonds. The molecule has 0 radical (unpaired) electrons. The minimum absolute atomic E-state index is 0.0506. The van der Waals surface area contributed by atoms with Crippen LogP contribution in [-0.4, -0.2) is 12.5 Å². The highest BCUT2D eigenvalue weighted by atomic mass is 19.3. The first-order valence-electron chi connectivity index (χ1n) is 5.97. The van der Waals surface area contributed by atoms with Gasteiger partial charge in [-0.2, -0.15) is 8.78 Å². The highest BCUT2D eigenvalue weighted by molar-refractivity contribution is 6.00. The quantitative estimate of drug-likeness (QED) is 0.739. The molecule has 0 aliphatic rings. The predicted molar refractivity (Wildman–Crippen MR) is 75.7 cm³/mol. The van der Waals surface area contributed by atoms with Crippen molar-refractivity contribution < 1.29 is 18.3 Å². The summed E-state index contributed by atoms with van der Waals surface area (Å²) in [7, 11) is 0. The maximum Gasteiger partial charge on any atom is 0.387 e. The van der Waals surface area contributed by atoms with Crippen molar-refractivity contribution in [1.29, 1.82) is 0 Å². The van der Waals surface area contributed by atoms with Crippen LogP contribution in [-0.2, 0) is 0 Å². The molecule has 0 atom stereocenters. The van der Waals surface area contributed by atoms with Gasteiger partial charge in [-0.3, -0.25) is 4.79 Å². The summed E-state index contributed by atoms with van der Waals surface area (Å²) >= 11 is 0. The minimum Gasteiger partial charge on any atom is -0.433 e. The van der Waals surface area contributed by atoms with Crippen LogP contribution in [0.5, 0.6) is 5.75 Å². The number of nitrogens with two attached hydrogens (primary N) is 2. The summed E-state index contributed by atoms with van der Waals surface area (Å²) in [6.45, 7) is -2.95. The van der Waals surface area contributed by atoms with Crippen molar-refractivity contribution in [2.75, 3.05) is 11.1 Å². The lowest BCUT2D eigenvalue weighted by Gasteiger charge is -2.14. The van der Waals surface area contributed by atoms with E-state index < -0.39 is 12.5 Å². The van der Waals surface area contributed by atoms with Crippen molar-refractivity contribution in [3.05, 3.63) is 48.0 Å². The largest absolute Gasteiger partial charge is 0.433 e. The number of hydrogen-bond donors (Lipinski definition) is 3. The normalized spacial score (nSPS) is 10.4. The molecule has 0 heterocycles. The molecule has 21 heavy (non-hydrogen) atoms. The Balaban J connectivity index is 2.38. The molecule has 0 aromatic heterocycles. The second-order valence-corrected chi connectivity index (χ2v) is 4.17. The minimum atomic E-state index is -2.95. The Kier molecular flexibility index (Phi) is 4.22. The molecule has 0 saturated carbocycles. The van der Waals surface area contributed by atoms with Gasteiger partial charge >= 0.3 is 6.61 Å². The molecule has 2 aromatic rings. The maximum atomic E-state index is 12.4. The van der Waals surface area contributed by atoms with Gasteiger partial charge in [0.2, 0.25) is 0 Å². The number of anilines is 3. The van der Waals surface area contributed by atoms with Gasteiger partial charge in [-0.15, -0.1) is 0 Å². The number of benzene rings is 2. The fraction of sp³-hybridized carbons (Fsp3) is 0.0714. The second kappa shape index (κ2) is 6.08. The lowest BCUT2D eigenvalue weighted by atomic mass is 10.1. The molecule has 2 rings (SSSR count). The lowest BCUT2D eigenvalue weighted by Crippen LogP contribution is -2.14. The van der Waals surface area contributed by atoms with E-state index in [2.05, 4.69) is 10.1 Å².